The zero-order valence-electron chi connectivity index (χ0n) is 11.7. The first-order valence-corrected chi connectivity index (χ1v) is 7.90. The number of primary sulfonamides is 1. The molecule has 0 amide bonds. The molecule has 0 aromatic rings. The first-order valence-electron chi connectivity index (χ1n) is 6.18. The summed E-state index contributed by atoms with van der Waals surface area (Å²) in [6.45, 7) is 10.6. The van der Waals surface area contributed by atoms with Crippen molar-refractivity contribution in [2.75, 3.05) is 12.4 Å². The second-order valence-electron chi connectivity index (χ2n) is 5.83. The summed E-state index contributed by atoms with van der Waals surface area (Å²) >= 11 is 0. The van der Waals surface area contributed by atoms with Crippen LogP contribution in [-0.4, -0.2) is 26.9 Å². The van der Waals surface area contributed by atoms with Crippen LogP contribution in [-0.2, 0) is 14.8 Å². The standard InChI is InChI=1S/C12H27NO3S/c1-6-7-10(2)16-8-11(12(3,4)5)9-17(13,14)15/h10-11H,6-9H2,1-5H3,(H2,13,14,15). The van der Waals surface area contributed by atoms with E-state index in [0.29, 0.717) is 6.61 Å². The first kappa shape index (κ1) is 16.9. The van der Waals surface area contributed by atoms with Crippen molar-refractivity contribution in [2.45, 2.75) is 53.6 Å². The SMILES string of the molecule is CCCC(C)OCC(CS(N)(=O)=O)C(C)(C)C. The fourth-order valence-electron chi connectivity index (χ4n) is 1.60. The Hall–Kier alpha value is -0.130. The van der Waals surface area contributed by atoms with Crippen molar-refractivity contribution >= 4 is 10.0 Å². The summed E-state index contributed by atoms with van der Waals surface area (Å²) in [5.41, 5.74) is -0.127. The number of sulfonamides is 1. The molecule has 4 nitrogen and oxygen atoms in total. The van der Waals surface area contributed by atoms with Crippen LogP contribution in [0.25, 0.3) is 0 Å². The Morgan fingerprint density at radius 2 is 1.82 bits per heavy atom. The average Bonchev–Trinajstić information content (AvgIpc) is 2.09. The lowest BCUT2D eigenvalue weighted by atomic mass is 9.82. The molecule has 0 heterocycles. The van der Waals surface area contributed by atoms with Crippen LogP contribution in [0.5, 0.6) is 0 Å². The maximum Gasteiger partial charge on any atom is 0.209 e. The molecule has 0 rings (SSSR count). The van der Waals surface area contributed by atoms with Crippen molar-refractivity contribution < 1.29 is 13.2 Å². The number of nitrogens with two attached hydrogens (primary N) is 1. The topological polar surface area (TPSA) is 69.4 Å². The minimum atomic E-state index is -3.45. The molecule has 0 aliphatic carbocycles. The molecule has 0 aliphatic rings. The van der Waals surface area contributed by atoms with Gasteiger partial charge < -0.3 is 4.74 Å². The van der Waals surface area contributed by atoms with Crippen LogP contribution < -0.4 is 5.14 Å². The summed E-state index contributed by atoms with van der Waals surface area (Å²) in [5, 5.41) is 5.11. The van der Waals surface area contributed by atoms with Gasteiger partial charge in [-0.1, -0.05) is 34.1 Å². The zero-order chi connectivity index (χ0) is 13.7. The Bertz CT molecular complexity index is 306. The Balaban J connectivity index is 4.42. The highest BCUT2D eigenvalue weighted by atomic mass is 32.2. The van der Waals surface area contributed by atoms with Crippen LogP contribution in [0.2, 0.25) is 0 Å². The smallest absolute Gasteiger partial charge is 0.209 e. The van der Waals surface area contributed by atoms with E-state index in [2.05, 4.69) is 6.92 Å². The van der Waals surface area contributed by atoms with E-state index >= 15 is 0 Å². The van der Waals surface area contributed by atoms with E-state index in [9.17, 15) is 8.42 Å². The van der Waals surface area contributed by atoms with E-state index in [0.717, 1.165) is 12.8 Å². The second kappa shape index (κ2) is 6.71. The van der Waals surface area contributed by atoms with Gasteiger partial charge in [0, 0.05) is 5.92 Å². The van der Waals surface area contributed by atoms with Crippen molar-refractivity contribution in [3.05, 3.63) is 0 Å². The molecule has 17 heavy (non-hydrogen) atoms. The van der Waals surface area contributed by atoms with E-state index in [1.165, 1.54) is 0 Å². The van der Waals surface area contributed by atoms with E-state index in [1.807, 2.05) is 27.7 Å². The Labute approximate surface area is 106 Å². The molecule has 0 aromatic carbocycles. The van der Waals surface area contributed by atoms with Gasteiger partial charge in [0.05, 0.1) is 18.5 Å². The van der Waals surface area contributed by atoms with Gasteiger partial charge in [-0.05, 0) is 18.8 Å². The van der Waals surface area contributed by atoms with Crippen molar-refractivity contribution in [3.8, 4) is 0 Å². The highest BCUT2D eigenvalue weighted by Crippen LogP contribution is 2.27. The molecule has 0 bridgehead atoms. The minimum absolute atomic E-state index is 0.0185. The fraction of sp³-hybridized carbons (Fsp3) is 1.00. The van der Waals surface area contributed by atoms with Gasteiger partial charge in [-0.15, -0.1) is 0 Å². The van der Waals surface area contributed by atoms with E-state index in [-0.39, 0.29) is 23.2 Å². The van der Waals surface area contributed by atoms with Gasteiger partial charge >= 0.3 is 0 Å². The third-order valence-electron chi connectivity index (χ3n) is 2.94. The van der Waals surface area contributed by atoms with Crippen LogP contribution in [0.1, 0.15) is 47.5 Å². The molecule has 0 saturated heterocycles. The molecule has 2 N–H and O–H groups in total. The Morgan fingerprint density at radius 3 is 2.18 bits per heavy atom. The van der Waals surface area contributed by atoms with E-state index < -0.39 is 10.0 Å². The van der Waals surface area contributed by atoms with Crippen molar-refractivity contribution in [3.63, 3.8) is 0 Å². The van der Waals surface area contributed by atoms with Crippen LogP contribution in [0.15, 0.2) is 0 Å². The summed E-state index contributed by atoms with van der Waals surface area (Å²) in [6.07, 6.45) is 2.23. The molecular formula is C12H27NO3S. The van der Waals surface area contributed by atoms with E-state index in [1.54, 1.807) is 0 Å². The largest absolute Gasteiger partial charge is 0.378 e. The van der Waals surface area contributed by atoms with Crippen LogP contribution >= 0.6 is 0 Å². The molecule has 0 radical (unpaired) electrons. The molecule has 0 aromatic heterocycles. The van der Waals surface area contributed by atoms with Crippen molar-refractivity contribution in [1.29, 1.82) is 0 Å². The van der Waals surface area contributed by atoms with Gasteiger partial charge in [0.25, 0.3) is 0 Å². The quantitative estimate of drug-likeness (QED) is 0.766. The van der Waals surface area contributed by atoms with E-state index in [4.69, 9.17) is 9.88 Å². The minimum Gasteiger partial charge on any atom is -0.378 e. The number of rotatable bonds is 7. The number of hydrogen-bond donors (Lipinski definition) is 1. The third-order valence-corrected chi connectivity index (χ3v) is 3.80. The fourth-order valence-corrected chi connectivity index (χ4v) is 2.76. The van der Waals surface area contributed by atoms with Crippen LogP contribution in [0, 0.1) is 11.3 Å². The highest BCUT2D eigenvalue weighted by Gasteiger charge is 2.28. The summed E-state index contributed by atoms with van der Waals surface area (Å²) in [7, 11) is -3.45. The molecule has 104 valence electrons. The van der Waals surface area contributed by atoms with Crippen molar-refractivity contribution in [2.24, 2.45) is 16.5 Å². The number of ether oxygens (including phenoxy) is 1. The summed E-state index contributed by atoms with van der Waals surface area (Å²) in [4.78, 5) is 0. The predicted octanol–water partition coefficient (Wildman–Crippen LogP) is 2.14. The monoisotopic (exact) mass is 265 g/mol. The van der Waals surface area contributed by atoms with Gasteiger partial charge in [-0.3, -0.25) is 0 Å². The van der Waals surface area contributed by atoms with Crippen LogP contribution in [0.4, 0.5) is 0 Å². The maximum atomic E-state index is 11.2. The molecule has 2 unspecified atom stereocenters. The lowest BCUT2D eigenvalue weighted by molar-refractivity contribution is 0.0136. The van der Waals surface area contributed by atoms with Gasteiger partial charge in [-0.25, -0.2) is 13.6 Å². The lowest BCUT2D eigenvalue weighted by Gasteiger charge is -2.30. The zero-order valence-corrected chi connectivity index (χ0v) is 12.5. The Kier molecular flexibility index (Phi) is 6.66. The molecule has 5 heteroatoms. The molecule has 0 aliphatic heterocycles. The average molecular weight is 265 g/mol. The molecule has 0 spiro atoms. The summed E-state index contributed by atoms with van der Waals surface area (Å²) in [6, 6.07) is 0. The molecule has 0 fully saturated rings. The van der Waals surface area contributed by atoms with Gasteiger partial charge in [0.2, 0.25) is 10.0 Å². The highest BCUT2D eigenvalue weighted by molar-refractivity contribution is 7.89. The van der Waals surface area contributed by atoms with Crippen molar-refractivity contribution in [1.82, 2.24) is 0 Å². The lowest BCUT2D eigenvalue weighted by Crippen LogP contribution is -2.35. The first-order chi connectivity index (χ1) is 7.56. The number of hydrogen-bond acceptors (Lipinski definition) is 3. The van der Waals surface area contributed by atoms with Crippen LogP contribution in [0.3, 0.4) is 0 Å². The normalized spacial score (nSPS) is 16.8. The van der Waals surface area contributed by atoms with Gasteiger partial charge in [-0.2, -0.15) is 0 Å². The summed E-state index contributed by atoms with van der Waals surface area (Å²) in [5.74, 6) is -0.0909. The second-order valence-corrected chi connectivity index (χ2v) is 7.48. The summed E-state index contributed by atoms with van der Waals surface area (Å²) < 4.78 is 28.1. The van der Waals surface area contributed by atoms with Gasteiger partial charge in [0.1, 0.15) is 0 Å². The van der Waals surface area contributed by atoms with Gasteiger partial charge in [0.15, 0.2) is 0 Å². The molecule has 0 saturated carbocycles. The maximum absolute atomic E-state index is 11.2. The predicted molar refractivity (Wildman–Crippen MR) is 71.2 cm³/mol. The molecular weight excluding hydrogens is 238 g/mol. The third kappa shape index (κ3) is 8.57. The molecule has 2 atom stereocenters. The Morgan fingerprint density at radius 1 is 1.29 bits per heavy atom.